The summed E-state index contributed by atoms with van der Waals surface area (Å²) in [7, 11) is 3.93. The highest BCUT2D eigenvalue weighted by molar-refractivity contribution is 7.98. The third-order valence-electron chi connectivity index (χ3n) is 7.33. The van der Waals surface area contributed by atoms with E-state index >= 15 is 0 Å². The number of hydrogen-bond acceptors (Lipinski definition) is 7. The van der Waals surface area contributed by atoms with Crippen molar-refractivity contribution in [3.05, 3.63) is 102 Å². The van der Waals surface area contributed by atoms with Gasteiger partial charge >= 0.3 is 6.18 Å². The van der Waals surface area contributed by atoms with E-state index < -0.39 is 11.7 Å². The predicted octanol–water partition coefficient (Wildman–Crippen LogP) is 6.07. The molecule has 230 valence electrons. The van der Waals surface area contributed by atoms with Crippen LogP contribution in [0.25, 0.3) is 11.3 Å². The average molecular weight is 621 g/mol. The van der Waals surface area contributed by atoms with Gasteiger partial charge < -0.3 is 20.0 Å². The Morgan fingerprint density at radius 2 is 1.59 bits per heavy atom. The molecule has 3 aromatic carbocycles. The van der Waals surface area contributed by atoms with Crippen LogP contribution in [0.5, 0.6) is 0 Å². The number of hydrogen-bond donors (Lipinski definition) is 1. The molecule has 2 heterocycles. The summed E-state index contributed by atoms with van der Waals surface area (Å²) in [4.78, 5) is 28.3. The number of alkyl halides is 3. The number of nitrogens with one attached hydrogen (secondary N) is 1. The van der Waals surface area contributed by atoms with Crippen molar-refractivity contribution in [2.45, 2.75) is 17.1 Å². The van der Waals surface area contributed by atoms with Crippen LogP contribution in [0, 0.1) is 0 Å². The number of aromatic nitrogens is 2. The third kappa shape index (κ3) is 8.29. The zero-order chi connectivity index (χ0) is 31.1. The van der Waals surface area contributed by atoms with Gasteiger partial charge in [-0.2, -0.15) is 13.2 Å². The fraction of sp³-hybridized carbons (Fsp3) is 0.303. The lowest BCUT2D eigenvalue weighted by Crippen LogP contribution is -2.47. The number of thioether (sulfide) groups is 1. The van der Waals surface area contributed by atoms with Gasteiger partial charge in [0.25, 0.3) is 5.91 Å². The standard InChI is InChI=1S/C33H35F3N6OS/c1-40(2)16-15-37-31(43)26-13-11-24(12-14-26)23-44-32-38-29(25-7-4-3-5-8-25)22-30(39-32)42-19-17-41(18-20-42)28-10-6-9-27(21-28)33(34,35)36/h3-14,21-22H,15-20,23H2,1-2H3,(H,37,43). The van der Waals surface area contributed by atoms with Crippen LogP contribution in [0.4, 0.5) is 24.7 Å². The van der Waals surface area contributed by atoms with E-state index in [1.807, 2.05) is 84.6 Å². The number of benzene rings is 3. The van der Waals surface area contributed by atoms with Crippen LogP contribution >= 0.6 is 11.8 Å². The molecule has 1 N–H and O–H groups in total. The fourth-order valence-electron chi connectivity index (χ4n) is 4.86. The first-order valence-corrected chi connectivity index (χ1v) is 15.4. The summed E-state index contributed by atoms with van der Waals surface area (Å²) in [6.07, 6.45) is -4.37. The molecule has 5 rings (SSSR count). The third-order valence-corrected chi connectivity index (χ3v) is 8.25. The molecular weight excluding hydrogens is 585 g/mol. The number of carbonyl (C=O) groups is 1. The van der Waals surface area contributed by atoms with Gasteiger partial charge in [0.15, 0.2) is 5.16 Å². The van der Waals surface area contributed by atoms with Crippen molar-refractivity contribution in [2.75, 3.05) is 63.2 Å². The highest BCUT2D eigenvalue weighted by Gasteiger charge is 2.31. The molecule has 1 amide bonds. The van der Waals surface area contributed by atoms with Gasteiger partial charge in [-0.15, -0.1) is 0 Å². The quantitative estimate of drug-likeness (QED) is 0.171. The van der Waals surface area contributed by atoms with E-state index in [1.54, 1.807) is 6.07 Å². The number of carbonyl (C=O) groups excluding carboxylic acids is 1. The molecule has 1 aliphatic rings. The van der Waals surface area contributed by atoms with Gasteiger partial charge in [0.05, 0.1) is 11.3 Å². The Labute approximate surface area is 260 Å². The first kappa shape index (κ1) is 31.3. The summed E-state index contributed by atoms with van der Waals surface area (Å²) in [5.41, 5.74) is 3.38. The van der Waals surface area contributed by atoms with Gasteiger partial charge in [-0.05, 0) is 50.0 Å². The van der Waals surface area contributed by atoms with E-state index in [9.17, 15) is 18.0 Å². The molecule has 0 saturated carbocycles. The van der Waals surface area contributed by atoms with E-state index in [0.29, 0.717) is 54.9 Å². The Kier molecular flexibility index (Phi) is 10.1. The Bertz CT molecular complexity index is 1540. The predicted molar refractivity (Wildman–Crippen MR) is 170 cm³/mol. The Morgan fingerprint density at radius 3 is 2.27 bits per heavy atom. The molecule has 0 unspecified atom stereocenters. The van der Waals surface area contributed by atoms with Gasteiger partial charge in [0.2, 0.25) is 0 Å². The molecule has 0 atom stereocenters. The zero-order valence-corrected chi connectivity index (χ0v) is 25.5. The normalized spacial score (nSPS) is 13.8. The number of amides is 1. The van der Waals surface area contributed by atoms with Crippen molar-refractivity contribution in [2.24, 2.45) is 0 Å². The lowest BCUT2D eigenvalue weighted by Gasteiger charge is -2.37. The number of anilines is 2. The zero-order valence-electron chi connectivity index (χ0n) is 24.7. The van der Waals surface area contributed by atoms with Crippen molar-refractivity contribution < 1.29 is 18.0 Å². The summed E-state index contributed by atoms with van der Waals surface area (Å²) >= 11 is 1.52. The molecule has 1 fully saturated rings. The molecule has 11 heteroatoms. The van der Waals surface area contributed by atoms with Gasteiger partial charge in [0.1, 0.15) is 5.82 Å². The molecule has 1 aliphatic heterocycles. The maximum atomic E-state index is 13.3. The van der Waals surface area contributed by atoms with Crippen LogP contribution in [0.15, 0.2) is 90.1 Å². The van der Waals surface area contributed by atoms with Gasteiger partial charge in [0, 0.05) is 67.9 Å². The van der Waals surface area contributed by atoms with Crippen LogP contribution in [-0.2, 0) is 11.9 Å². The lowest BCUT2D eigenvalue weighted by molar-refractivity contribution is -0.137. The molecule has 7 nitrogen and oxygen atoms in total. The van der Waals surface area contributed by atoms with E-state index in [0.717, 1.165) is 35.2 Å². The second-order valence-electron chi connectivity index (χ2n) is 10.8. The van der Waals surface area contributed by atoms with Crippen LogP contribution in [0.2, 0.25) is 0 Å². The van der Waals surface area contributed by atoms with Gasteiger partial charge in [-0.3, -0.25) is 4.79 Å². The Hall–Kier alpha value is -4.09. The van der Waals surface area contributed by atoms with Crippen molar-refractivity contribution >= 4 is 29.2 Å². The lowest BCUT2D eigenvalue weighted by atomic mass is 10.1. The van der Waals surface area contributed by atoms with Crippen LogP contribution < -0.4 is 15.1 Å². The minimum absolute atomic E-state index is 0.0947. The van der Waals surface area contributed by atoms with Gasteiger partial charge in [-0.1, -0.05) is 60.3 Å². The van der Waals surface area contributed by atoms with Gasteiger partial charge in [-0.25, -0.2) is 9.97 Å². The molecule has 0 radical (unpaired) electrons. The maximum Gasteiger partial charge on any atom is 0.416 e. The minimum atomic E-state index is -4.37. The van der Waals surface area contributed by atoms with E-state index in [-0.39, 0.29) is 5.91 Å². The molecule has 1 aromatic heterocycles. The number of rotatable bonds is 10. The molecule has 1 saturated heterocycles. The number of halogens is 3. The number of nitrogens with zero attached hydrogens (tertiary/aromatic N) is 5. The van der Waals surface area contributed by atoms with E-state index in [4.69, 9.17) is 9.97 Å². The largest absolute Gasteiger partial charge is 0.416 e. The Morgan fingerprint density at radius 1 is 0.886 bits per heavy atom. The summed E-state index contributed by atoms with van der Waals surface area (Å²) in [6, 6.07) is 24.9. The summed E-state index contributed by atoms with van der Waals surface area (Å²) in [5, 5.41) is 3.56. The first-order chi connectivity index (χ1) is 21.2. The first-order valence-electron chi connectivity index (χ1n) is 14.4. The average Bonchev–Trinajstić information content (AvgIpc) is 3.04. The molecule has 44 heavy (non-hydrogen) atoms. The topological polar surface area (TPSA) is 64.6 Å². The van der Waals surface area contributed by atoms with Crippen LogP contribution in [-0.4, -0.2) is 74.1 Å². The molecule has 0 bridgehead atoms. The van der Waals surface area contributed by atoms with Crippen LogP contribution in [0.3, 0.4) is 0 Å². The minimum Gasteiger partial charge on any atom is -0.368 e. The maximum absolute atomic E-state index is 13.3. The smallest absolute Gasteiger partial charge is 0.368 e. The van der Waals surface area contributed by atoms with Crippen molar-refractivity contribution in [3.8, 4) is 11.3 Å². The van der Waals surface area contributed by atoms with Crippen molar-refractivity contribution in [1.29, 1.82) is 0 Å². The fourth-order valence-corrected chi connectivity index (χ4v) is 5.67. The Balaban J connectivity index is 1.27. The highest BCUT2D eigenvalue weighted by Crippen LogP contribution is 2.33. The van der Waals surface area contributed by atoms with Crippen LogP contribution in [0.1, 0.15) is 21.5 Å². The summed E-state index contributed by atoms with van der Waals surface area (Å²) in [6.45, 7) is 3.73. The van der Waals surface area contributed by atoms with Crippen molar-refractivity contribution in [1.82, 2.24) is 20.2 Å². The monoisotopic (exact) mass is 620 g/mol. The molecule has 4 aromatic rings. The number of likely N-dealkylation sites (N-methyl/N-ethyl adjacent to an activating group) is 1. The molecule has 0 spiro atoms. The highest BCUT2D eigenvalue weighted by atomic mass is 32.2. The second kappa shape index (κ2) is 14.1. The number of piperazine rings is 1. The second-order valence-corrected chi connectivity index (χ2v) is 11.8. The van der Waals surface area contributed by atoms with E-state index in [1.165, 1.54) is 23.9 Å². The van der Waals surface area contributed by atoms with E-state index in [2.05, 4.69) is 10.2 Å². The summed E-state index contributed by atoms with van der Waals surface area (Å²) in [5.74, 6) is 1.32. The molecule has 0 aliphatic carbocycles. The molecular formula is C33H35F3N6OS. The summed E-state index contributed by atoms with van der Waals surface area (Å²) < 4.78 is 39.8. The van der Waals surface area contributed by atoms with Crippen molar-refractivity contribution in [3.63, 3.8) is 0 Å². The SMILES string of the molecule is CN(C)CCNC(=O)c1ccc(CSc2nc(-c3ccccc3)cc(N3CCN(c4cccc(C(F)(F)F)c4)CC3)n2)cc1.